The number of nitro groups is 1. The van der Waals surface area contributed by atoms with E-state index in [2.05, 4.69) is 5.32 Å². The van der Waals surface area contributed by atoms with Crippen LogP contribution in [0.15, 0.2) is 18.2 Å². The van der Waals surface area contributed by atoms with Gasteiger partial charge in [0.15, 0.2) is 0 Å². The highest BCUT2D eigenvalue weighted by Crippen LogP contribution is 2.24. The highest BCUT2D eigenvalue weighted by Gasteiger charge is 2.12. The predicted octanol–water partition coefficient (Wildman–Crippen LogP) is 2.08. The molecule has 94 valence electrons. The van der Waals surface area contributed by atoms with Gasteiger partial charge in [-0.05, 0) is 25.0 Å². The number of anilines is 1. The van der Waals surface area contributed by atoms with E-state index in [4.69, 9.17) is 0 Å². The molecule has 1 aromatic rings. The average molecular weight is 256 g/mol. The minimum absolute atomic E-state index is 0.0771. The molecule has 1 N–H and O–H groups in total. The van der Waals surface area contributed by atoms with E-state index in [1.54, 1.807) is 18.4 Å². The Hall–Kier alpha value is -1.43. The van der Waals surface area contributed by atoms with Gasteiger partial charge >= 0.3 is 0 Å². The molecule has 0 saturated heterocycles. The van der Waals surface area contributed by atoms with E-state index in [9.17, 15) is 14.3 Å². The third-order valence-electron chi connectivity index (χ3n) is 2.27. The van der Waals surface area contributed by atoms with E-state index < -0.39 is 15.7 Å². The SMILES string of the molecule is Cc1ccc([N+](=O)[O-])c(NCCCS(C)=O)c1. The van der Waals surface area contributed by atoms with Crippen molar-refractivity contribution in [3.8, 4) is 0 Å². The molecular formula is C11H16N2O3S. The maximum atomic E-state index is 10.9. The minimum atomic E-state index is -0.816. The second kappa shape index (κ2) is 6.34. The number of aryl methyl sites for hydroxylation is 1. The molecule has 5 nitrogen and oxygen atoms in total. The first-order chi connectivity index (χ1) is 8.00. The molecule has 0 radical (unpaired) electrons. The van der Waals surface area contributed by atoms with Crippen molar-refractivity contribution in [1.82, 2.24) is 0 Å². The summed E-state index contributed by atoms with van der Waals surface area (Å²) in [5, 5.41) is 13.8. The number of rotatable bonds is 6. The summed E-state index contributed by atoms with van der Waals surface area (Å²) in [5.74, 6) is 0.604. The second-order valence-corrected chi connectivity index (χ2v) is 5.39. The lowest BCUT2D eigenvalue weighted by Gasteiger charge is -2.07. The van der Waals surface area contributed by atoms with Crippen molar-refractivity contribution < 1.29 is 9.13 Å². The number of hydrogen-bond donors (Lipinski definition) is 1. The molecule has 0 aliphatic carbocycles. The van der Waals surface area contributed by atoms with E-state index in [1.165, 1.54) is 6.07 Å². The zero-order valence-electron chi connectivity index (χ0n) is 9.93. The Balaban J connectivity index is 2.65. The van der Waals surface area contributed by atoms with Gasteiger partial charge in [0.25, 0.3) is 5.69 Å². The molecule has 1 atom stereocenters. The molecule has 6 heteroatoms. The van der Waals surface area contributed by atoms with Crippen LogP contribution in [0.4, 0.5) is 11.4 Å². The van der Waals surface area contributed by atoms with Crippen molar-refractivity contribution in [3.05, 3.63) is 33.9 Å². The maximum absolute atomic E-state index is 10.9. The van der Waals surface area contributed by atoms with Crippen LogP contribution in [-0.4, -0.2) is 27.7 Å². The summed E-state index contributed by atoms with van der Waals surface area (Å²) in [6.45, 7) is 2.47. The minimum Gasteiger partial charge on any atom is -0.379 e. The quantitative estimate of drug-likeness (QED) is 0.480. The van der Waals surface area contributed by atoms with Gasteiger partial charge in [-0.2, -0.15) is 0 Å². The van der Waals surface area contributed by atoms with Crippen LogP contribution < -0.4 is 5.32 Å². The van der Waals surface area contributed by atoms with Crippen LogP contribution >= 0.6 is 0 Å². The number of nitrogens with one attached hydrogen (secondary N) is 1. The monoisotopic (exact) mass is 256 g/mol. The summed E-state index contributed by atoms with van der Waals surface area (Å²) < 4.78 is 10.9. The van der Waals surface area contributed by atoms with Crippen molar-refractivity contribution in [1.29, 1.82) is 0 Å². The second-order valence-electron chi connectivity index (χ2n) is 3.84. The first-order valence-corrected chi connectivity index (χ1v) is 7.02. The van der Waals surface area contributed by atoms with Gasteiger partial charge in [-0.1, -0.05) is 6.07 Å². The van der Waals surface area contributed by atoms with Gasteiger partial charge < -0.3 is 5.32 Å². The molecule has 0 aromatic heterocycles. The van der Waals surface area contributed by atoms with Gasteiger partial charge in [0.2, 0.25) is 0 Å². The van der Waals surface area contributed by atoms with Crippen LogP contribution in [0.2, 0.25) is 0 Å². The molecule has 0 aliphatic rings. The number of nitro benzene ring substituents is 1. The van der Waals surface area contributed by atoms with Crippen LogP contribution in [0.5, 0.6) is 0 Å². The molecule has 17 heavy (non-hydrogen) atoms. The van der Waals surface area contributed by atoms with E-state index in [1.807, 2.05) is 6.92 Å². The van der Waals surface area contributed by atoms with E-state index in [0.29, 0.717) is 18.0 Å². The largest absolute Gasteiger partial charge is 0.379 e. The fourth-order valence-electron chi connectivity index (χ4n) is 1.45. The summed E-state index contributed by atoms with van der Waals surface area (Å²) in [6, 6.07) is 4.96. The van der Waals surface area contributed by atoms with Crippen molar-refractivity contribution in [2.45, 2.75) is 13.3 Å². The summed E-state index contributed by atoms with van der Waals surface area (Å²) in [4.78, 5) is 10.4. The summed E-state index contributed by atoms with van der Waals surface area (Å²) in [6.07, 6.45) is 2.38. The molecular weight excluding hydrogens is 240 g/mol. The summed E-state index contributed by atoms with van der Waals surface area (Å²) >= 11 is 0. The summed E-state index contributed by atoms with van der Waals surface area (Å²) in [7, 11) is -0.816. The van der Waals surface area contributed by atoms with Crippen LogP contribution in [0, 0.1) is 17.0 Å². The van der Waals surface area contributed by atoms with Crippen molar-refractivity contribution in [3.63, 3.8) is 0 Å². The Kier molecular flexibility index (Phi) is 5.09. The highest BCUT2D eigenvalue weighted by atomic mass is 32.2. The number of benzene rings is 1. The first kappa shape index (κ1) is 13.6. The molecule has 0 bridgehead atoms. The normalized spacial score (nSPS) is 12.1. The lowest BCUT2D eigenvalue weighted by atomic mass is 10.2. The lowest BCUT2D eigenvalue weighted by molar-refractivity contribution is -0.384. The molecule has 0 saturated carbocycles. The Morgan fingerprint density at radius 3 is 2.76 bits per heavy atom. The third kappa shape index (κ3) is 4.52. The van der Waals surface area contributed by atoms with E-state index in [0.717, 1.165) is 12.0 Å². The zero-order chi connectivity index (χ0) is 12.8. The van der Waals surface area contributed by atoms with Crippen LogP contribution in [0.3, 0.4) is 0 Å². The van der Waals surface area contributed by atoms with Gasteiger partial charge in [-0.3, -0.25) is 14.3 Å². The lowest BCUT2D eigenvalue weighted by Crippen LogP contribution is -2.07. The van der Waals surface area contributed by atoms with Gasteiger partial charge in [0.05, 0.1) is 4.92 Å². The smallest absolute Gasteiger partial charge is 0.292 e. The standard InChI is InChI=1S/C11H16N2O3S/c1-9-4-5-11(13(14)15)10(8-9)12-6-3-7-17(2)16/h4-5,8,12H,3,6-7H2,1-2H3. The van der Waals surface area contributed by atoms with Crippen LogP contribution in [0.1, 0.15) is 12.0 Å². The predicted molar refractivity (Wildman–Crippen MR) is 69.9 cm³/mol. The first-order valence-electron chi connectivity index (χ1n) is 5.29. The van der Waals surface area contributed by atoms with Crippen LogP contribution in [0.25, 0.3) is 0 Å². The molecule has 0 heterocycles. The molecule has 0 spiro atoms. The topological polar surface area (TPSA) is 72.2 Å². The maximum Gasteiger partial charge on any atom is 0.292 e. The highest BCUT2D eigenvalue weighted by molar-refractivity contribution is 7.84. The average Bonchev–Trinajstić information content (AvgIpc) is 2.23. The molecule has 0 fully saturated rings. The Bertz CT molecular complexity index is 435. The van der Waals surface area contributed by atoms with E-state index in [-0.39, 0.29) is 5.69 Å². The molecule has 1 rings (SSSR count). The summed E-state index contributed by atoms with van der Waals surface area (Å²) in [5.41, 5.74) is 1.57. The number of hydrogen-bond acceptors (Lipinski definition) is 4. The zero-order valence-corrected chi connectivity index (χ0v) is 10.8. The Morgan fingerprint density at radius 1 is 1.47 bits per heavy atom. The van der Waals surface area contributed by atoms with Crippen molar-refractivity contribution >= 4 is 22.2 Å². The Morgan fingerprint density at radius 2 is 2.18 bits per heavy atom. The fraction of sp³-hybridized carbons (Fsp3) is 0.455. The molecule has 1 unspecified atom stereocenters. The fourth-order valence-corrected chi connectivity index (χ4v) is 2.00. The van der Waals surface area contributed by atoms with E-state index >= 15 is 0 Å². The van der Waals surface area contributed by atoms with Gasteiger partial charge in [-0.15, -0.1) is 0 Å². The van der Waals surface area contributed by atoms with Gasteiger partial charge in [0, 0.05) is 35.4 Å². The Labute approximate surface area is 103 Å². The van der Waals surface area contributed by atoms with Gasteiger partial charge in [-0.25, -0.2) is 0 Å². The molecule has 0 aliphatic heterocycles. The molecule has 0 amide bonds. The van der Waals surface area contributed by atoms with Crippen LogP contribution in [-0.2, 0) is 10.8 Å². The molecule has 1 aromatic carbocycles. The van der Waals surface area contributed by atoms with Crippen molar-refractivity contribution in [2.24, 2.45) is 0 Å². The van der Waals surface area contributed by atoms with Gasteiger partial charge in [0.1, 0.15) is 5.69 Å². The van der Waals surface area contributed by atoms with Crippen molar-refractivity contribution in [2.75, 3.05) is 23.9 Å². The number of nitrogens with zero attached hydrogens (tertiary/aromatic N) is 1. The third-order valence-corrected chi connectivity index (χ3v) is 3.14.